The zero-order valence-electron chi connectivity index (χ0n) is 25.2. The van der Waals surface area contributed by atoms with Crippen LogP contribution in [0.2, 0.25) is 0 Å². The molecule has 3 saturated carbocycles. The molecular weight excluding hydrogens is 460 g/mol. The van der Waals surface area contributed by atoms with Crippen LogP contribution in [0, 0.1) is 50.7 Å². The molecule has 1 N–H and O–H groups in total. The lowest BCUT2D eigenvalue weighted by atomic mass is 9.38. The molecule has 0 aliphatic heterocycles. The molecule has 4 heteroatoms. The molecule has 3 rings (SSSR count). The first kappa shape index (κ1) is 30.1. The molecule has 0 aromatic rings. The van der Waals surface area contributed by atoms with Gasteiger partial charge in [0.05, 0.1) is 5.92 Å². The van der Waals surface area contributed by atoms with E-state index in [2.05, 4.69) is 68.4 Å². The Morgan fingerprint density at radius 3 is 2.27 bits per heavy atom. The first-order valence-corrected chi connectivity index (χ1v) is 14.9. The molecule has 0 radical (unpaired) electrons. The van der Waals surface area contributed by atoms with Gasteiger partial charge in [-0.2, -0.15) is 0 Å². The third-order valence-electron chi connectivity index (χ3n) is 12.1. The van der Waals surface area contributed by atoms with Gasteiger partial charge in [-0.1, -0.05) is 73.5 Å². The van der Waals surface area contributed by atoms with Crippen LogP contribution in [0.25, 0.3) is 0 Å². The zero-order chi connectivity index (χ0) is 28.0. The van der Waals surface area contributed by atoms with E-state index in [4.69, 9.17) is 0 Å². The minimum atomic E-state index is -0.674. The number of rotatable bonds is 8. The zero-order valence-corrected chi connectivity index (χ0v) is 25.2. The predicted molar refractivity (Wildman–Crippen MR) is 150 cm³/mol. The van der Waals surface area contributed by atoms with Crippen molar-refractivity contribution < 1.29 is 19.5 Å². The standard InChI is InChI=1S/C33H54O4/c1-10-16-31(7,21-34)33(9)19-14-25-30(5,6)27(35)15-18-32(25,8)26(33)12-11-22(2)24-20-29(3,4)17-13-23(24)28(36)37/h11,21,23-26H,10,12-20H2,1-9H3,(H,36,37)/b22-11+/t23-,24?,25?,26?,31+,32+,33?/m1/s1. The highest BCUT2D eigenvalue weighted by Gasteiger charge is 2.63. The highest BCUT2D eigenvalue weighted by Crippen LogP contribution is 2.68. The SMILES string of the molecule is CCC[C@@](C)(C=O)C1(C)CCC2C(C)(C)C(=O)CC[C@]2(C)C1C/C=C(\C)C1CC(C)(C)CC[C@H]1C(=O)O. The molecule has 210 valence electrons. The molecule has 0 spiro atoms. The van der Waals surface area contributed by atoms with Gasteiger partial charge in [0.15, 0.2) is 0 Å². The minimum absolute atomic E-state index is 0.0444. The molecule has 4 unspecified atom stereocenters. The Morgan fingerprint density at radius 1 is 1.05 bits per heavy atom. The summed E-state index contributed by atoms with van der Waals surface area (Å²) in [5.41, 5.74) is 0.341. The minimum Gasteiger partial charge on any atom is -0.481 e. The van der Waals surface area contributed by atoms with Gasteiger partial charge in [-0.05, 0) is 92.3 Å². The summed E-state index contributed by atoms with van der Waals surface area (Å²) >= 11 is 0. The largest absolute Gasteiger partial charge is 0.481 e. The van der Waals surface area contributed by atoms with E-state index >= 15 is 0 Å². The van der Waals surface area contributed by atoms with E-state index in [0.717, 1.165) is 57.8 Å². The molecule has 3 fully saturated rings. The first-order chi connectivity index (χ1) is 17.0. The molecule has 0 aromatic heterocycles. The van der Waals surface area contributed by atoms with E-state index in [0.29, 0.717) is 18.1 Å². The average Bonchev–Trinajstić information content (AvgIpc) is 2.80. The van der Waals surface area contributed by atoms with E-state index in [1.54, 1.807) is 0 Å². The van der Waals surface area contributed by atoms with E-state index < -0.39 is 11.4 Å². The van der Waals surface area contributed by atoms with Gasteiger partial charge in [0.2, 0.25) is 0 Å². The summed E-state index contributed by atoms with van der Waals surface area (Å²) in [6.07, 6.45) is 12.3. The van der Waals surface area contributed by atoms with Gasteiger partial charge in [0.1, 0.15) is 12.1 Å². The molecule has 0 saturated heterocycles. The molecule has 0 heterocycles. The number of carbonyl (C=O) groups is 3. The Hall–Kier alpha value is -1.45. The number of carboxylic acids is 1. The first-order valence-electron chi connectivity index (χ1n) is 14.9. The summed E-state index contributed by atoms with van der Waals surface area (Å²) in [5, 5.41) is 10.0. The van der Waals surface area contributed by atoms with Crippen LogP contribution >= 0.6 is 0 Å². The second kappa shape index (κ2) is 10.3. The number of Topliss-reactive ketones (excluding diaryl/α,β-unsaturated/α-hetero) is 1. The molecular formula is C33H54O4. The van der Waals surface area contributed by atoms with Crippen molar-refractivity contribution in [2.75, 3.05) is 0 Å². The quantitative estimate of drug-likeness (QED) is 0.261. The fourth-order valence-corrected chi connectivity index (χ4v) is 9.38. The monoisotopic (exact) mass is 514 g/mol. The second-order valence-corrected chi connectivity index (χ2v) is 15.1. The summed E-state index contributed by atoms with van der Waals surface area (Å²) in [5.74, 6) is -0.0148. The molecule has 3 aliphatic carbocycles. The molecule has 37 heavy (non-hydrogen) atoms. The highest BCUT2D eigenvalue weighted by molar-refractivity contribution is 5.85. The number of hydrogen-bond acceptors (Lipinski definition) is 3. The fraction of sp³-hybridized carbons (Fsp3) is 0.848. The number of ketones is 1. The van der Waals surface area contributed by atoms with Crippen LogP contribution in [0.3, 0.4) is 0 Å². The maximum atomic E-state index is 13.0. The molecule has 0 amide bonds. The lowest BCUT2D eigenvalue weighted by molar-refractivity contribution is -0.178. The van der Waals surface area contributed by atoms with Gasteiger partial charge in [-0.15, -0.1) is 0 Å². The van der Waals surface area contributed by atoms with Gasteiger partial charge in [0.25, 0.3) is 0 Å². The van der Waals surface area contributed by atoms with Crippen LogP contribution in [-0.4, -0.2) is 23.1 Å². The fourth-order valence-electron chi connectivity index (χ4n) is 9.38. The molecule has 0 aromatic carbocycles. The summed E-state index contributed by atoms with van der Waals surface area (Å²) in [6, 6.07) is 0. The van der Waals surface area contributed by atoms with Crippen molar-refractivity contribution in [2.24, 2.45) is 50.7 Å². The van der Waals surface area contributed by atoms with Crippen molar-refractivity contribution in [3.63, 3.8) is 0 Å². The number of hydrogen-bond donors (Lipinski definition) is 1. The van der Waals surface area contributed by atoms with E-state index in [1.165, 1.54) is 11.9 Å². The highest BCUT2D eigenvalue weighted by atomic mass is 16.4. The third kappa shape index (κ3) is 5.12. The van der Waals surface area contributed by atoms with Crippen molar-refractivity contribution in [1.29, 1.82) is 0 Å². The lowest BCUT2D eigenvalue weighted by Gasteiger charge is -2.65. The Morgan fingerprint density at radius 2 is 1.70 bits per heavy atom. The molecule has 4 nitrogen and oxygen atoms in total. The van der Waals surface area contributed by atoms with Crippen LogP contribution in [0.5, 0.6) is 0 Å². The smallest absolute Gasteiger partial charge is 0.307 e. The van der Waals surface area contributed by atoms with Crippen molar-refractivity contribution in [3.05, 3.63) is 11.6 Å². The lowest BCUT2D eigenvalue weighted by Crippen LogP contribution is -2.61. The van der Waals surface area contributed by atoms with Crippen LogP contribution < -0.4 is 0 Å². The van der Waals surface area contributed by atoms with E-state index in [1.807, 2.05) is 0 Å². The number of carbonyl (C=O) groups excluding carboxylic acids is 2. The van der Waals surface area contributed by atoms with Crippen molar-refractivity contribution in [3.8, 4) is 0 Å². The van der Waals surface area contributed by atoms with Crippen LogP contribution in [0.1, 0.15) is 127 Å². The Balaban J connectivity index is 2.07. The van der Waals surface area contributed by atoms with E-state index in [9.17, 15) is 19.5 Å². The number of carboxylic acid groups (broad SMARTS) is 1. The van der Waals surface area contributed by atoms with Gasteiger partial charge in [0, 0.05) is 17.3 Å². The maximum Gasteiger partial charge on any atom is 0.307 e. The van der Waals surface area contributed by atoms with Crippen molar-refractivity contribution in [1.82, 2.24) is 0 Å². The Labute approximate surface area is 226 Å². The number of fused-ring (bicyclic) bond motifs is 1. The summed E-state index contributed by atoms with van der Waals surface area (Å²) in [4.78, 5) is 38.0. The summed E-state index contributed by atoms with van der Waals surface area (Å²) in [7, 11) is 0. The van der Waals surface area contributed by atoms with E-state index in [-0.39, 0.29) is 39.4 Å². The number of allylic oxidation sites excluding steroid dienone is 2. The normalized spacial score (nSPS) is 39.4. The van der Waals surface area contributed by atoms with Crippen LogP contribution in [0.15, 0.2) is 11.6 Å². The second-order valence-electron chi connectivity index (χ2n) is 15.1. The van der Waals surface area contributed by atoms with Gasteiger partial charge in [-0.3, -0.25) is 9.59 Å². The summed E-state index contributed by atoms with van der Waals surface area (Å²) < 4.78 is 0. The topological polar surface area (TPSA) is 71.4 Å². The number of aldehydes is 1. The molecule has 0 bridgehead atoms. The predicted octanol–water partition coefficient (Wildman–Crippen LogP) is 8.28. The van der Waals surface area contributed by atoms with Crippen LogP contribution in [-0.2, 0) is 14.4 Å². The molecule has 7 atom stereocenters. The van der Waals surface area contributed by atoms with Gasteiger partial charge >= 0.3 is 5.97 Å². The van der Waals surface area contributed by atoms with Gasteiger partial charge < -0.3 is 9.90 Å². The molecule has 3 aliphatic rings. The van der Waals surface area contributed by atoms with Crippen LogP contribution in [0.4, 0.5) is 0 Å². The van der Waals surface area contributed by atoms with Crippen molar-refractivity contribution >= 4 is 18.0 Å². The number of aliphatic carboxylic acids is 1. The maximum absolute atomic E-state index is 13.0. The Bertz CT molecular complexity index is 929. The Kier molecular flexibility index (Phi) is 8.35. The average molecular weight is 515 g/mol. The van der Waals surface area contributed by atoms with Crippen molar-refractivity contribution in [2.45, 2.75) is 127 Å². The third-order valence-corrected chi connectivity index (χ3v) is 12.1. The summed E-state index contributed by atoms with van der Waals surface area (Å²) in [6.45, 7) is 20.0. The van der Waals surface area contributed by atoms with Gasteiger partial charge in [-0.25, -0.2) is 0 Å².